The molecule has 0 spiro atoms. The van der Waals surface area contributed by atoms with Crippen LogP contribution in [0, 0.1) is 24.2 Å². The number of likely N-dealkylation sites (N-methyl/N-ethyl adjacent to an activating group) is 1. The number of amides is 5. The number of nitrogens with zero attached hydrogens (tertiary/aromatic N) is 4. The summed E-state index contributed by atoms with van der Waals surface area (Å²) in [6.07, 6.45) is 2.39. The summed E-state index contributed by atoms with van der Waals surface area (Å²) < 4.78 is 13.8. The molecule has 1 aliphatic heterocycles. The summed E-state index contributed by atoms with van der Waals surface area (Å²) in [7, 11) is 1.42. The average Bonchev–Trinajstić information content (AvgIpc) is 3.67. The Morgan fingerprint density at radius 2 is 1.59 bits per heavy atom. The van der Waals surface area contributed by atoms with Gasteiger partial charge in [0.1, 0.15) is 55.4 Å². The SMILES string of the molecule is Cc1c(C(=O)N[C@@H](CCN)C(=O)N(C)[C@@H]2C(=O)N[C@@H](C)C(=O)N[C@H](C(=O)NCC#N)Cc3ccc(OCCN)c(c3)-c3cc2ccc3OCCN)cnn1-c1ccc(CC(C)C)cc1. The van der Waals surface area contributed by atoms with E-state index >= 15 is 0 Å². The number of carbonyl (C=O) groups is 5. The van der Waals surface area contributed by atoms with E-state index in [1.54, 1.807) is 48.0 Å². The lowest BCUT2D eigenvalue weighted by Gasteiger charge is -2.32. The van der Waals surface area contributed by atoms with E-state index in [-0.39, 0.29) is 57.8 Å². The van der Waals surface area contributed by atoms with Crippen molar-refractivity contribution in [2.24, 2.45) is 23.1 Å². The van der Waals surface area contributed by atoms with Crippen LogP contribution < -0.4 is 47.9 Å². The Hall–Kier alpha value is -6.81. The molecule has 1 aromatic heterocycles. The van der Waals surface area contributed by atoms with Gasteiger partial charge in [-0.15, -0.1) is 0 Å². The van der Waals surface area contributed by atoms with Crippen LogP contribution in [0.1, 0.15) is 66.0 Å². The molecule has 18 heteroatoms. The van der Waals surface area contributed by atoms with Crippen LogP contribution in [0.3, 0.4) is 0 Å². The highest BCUT2D eigenvalue weighted by Crippen LogP contribution is 2.40. The summed E-state index contributed by atoms with van der Waals surface area (Å²) in [5, 5.41) is 24.4. The van der Waals surface area contributed by atoms with Crippen LogP contribution in [0.15, 0.2) is 66.9 Å². The minimum Gasteiger partial charge on any atom is -0.492 e. The van der Waals surface area contributed by atoms with E-state index in [4.69, 9.17) is 31.9 Å². The second-order valence-corrected chi connectivity index (χ2v) is 16.0. The van der Waals surface area contributed by atoms with Crippen molar-refractivity contribution < 1.29 is 33.4 Å². The zero-order valence-corrected chi connectivity index (χ0v) is 37.0. The van der Waals surface area contributed by atoms with Crippen molar-refractivity contribution in [3.63, 3.8) is 0 Å². The Labute approximate surface area is 373 Å². The van der Waals surface area contributed by atoms with E-state index in [1.165, 1.54) is 30.6 Å². The molecular formula is C46H59N11O7. The van der Waals surface area contributed by atoms with Gasteiger partial charge in [0, 0.05) is 37.7 Å². The Balaban J connectivity index is 1.56. The Bertz CT molecular complexity index is 2340. The smallest absolute Gasteiger partial charge is 0.255 e. The molecule has 340 valence electrons. The lowest BCUT2D eigenvalue weighted by atomic mass is 9.93. The van der Waals surface area contributed by atoms with Crippen LogP contribution in [0.5, 0.6) is 11.5 Å². The number of ether oxygens (including phenoxy) is 2. The molecule has 0 saturated heterocycles. The van der Waals surface area contributed by atoms with Crippen molar-refractivity contribution in [3.8, 4) is 34.4 Å². The highest BCUT2D eigenvalue weighted by atomic mass is 16.5. The maximum absolute atomic E-state index is 14.6. The van der Waals surface area contributed by atoms with Gasteiger partial charge in [-0.1, -0.05) is 38.1 Å². The summed E-state index contributed by atoms with van der Waals surface area (Å²) in [4.78, 5) is 71.4. The van der Waals surface area contributed by atoms with Gasteiger partial charge in [0.25, 0.3) is 5.91 Å². The Morgan fingerprint density at radius 1 is 0.938 bits per heavy atom. The van der Waals surface area contributed by atoms with Crippen molar-refractivity contribution in [2.75, 3.05) is 46.4 Å². The van der Waals surface area contributed by atoms with E-state index in [1.807, 2.05) is 30.3 Å². The van der Waals surface area contributed by atoms with Gasteiger partial charge >= 0.3 is 0 Å². The van der Waals surface area contributed by atoms with Gasteiger partial charge in [-0.3, -0.25) is 24.0 Å². The van der Waals surface area contributed by atoms with Gasteiger partial charge in [-0.25, -0.2) is 4.68 Å². The Kier molecular flexibility index (Phi) is 17.0. The summed E-state index contributed by atoms with van der Waals surface area (Å²) >= 11 is 0. The van der Waals surface area contributed by atoms with Crippen molar-refractivity contribution >= 4 is 29.5 Å². The number of rotatable bonds is 17. The third kappa shape index (κ3) is 11.8. The fraction of sp³-hybridized carbons (Fsp3) is 0.413. The highest BCUT2D eigenvalue weighted by Gasteiger charge is 2.36. The summed E-state index contributed by atoms with van der Waals surface area (Å²) in [5.74, 6) is -1.99. The number of aromatic nitrogens is 2. The standard InChI is InChI=1S/C46H59N11O7/c1-27(2)22-30-6-10-33(11-7-30)57-29(4)36(26-52-57)43(59)54-37(14-15-47)46(62)56(5)41-32-9-13-40(64-21-18-50)35(25-32)34-23-31(8-12-39(34)63-20-17-49)24-38(44(60)51-19-16-48)55-42(58)28(3)53-45(41)61/h6-13,23,25-28,37-38,41H,14-15,17-22,24,47,49-50H2,1-5H3,(H,51,60)(H,53,61)(H,54,59)(H,55,58)/t28-,37-,38-,41-/m0/s1. The molecule has 5 amide bonds. The molecule has 4 bridgehead atoms. The Morgan fingerprint density at radius 3 is 2.22 bits per heavy atom. The molecule has 4 aromatic rings. The fourth-order valence-electron chi connectivity index (χ4n) is 7.50. The molecule has 3 aromatic carbocycles. The maximum atomic E-state index is 14.6. The van der Waals surface area contributed by atoms with Crippen LogP contribution in [-0.4, -0.2) is 109 Å². The number of benzene rings is 3. The molecule has 2 heterocycles. The van der Waals surface area contributed by atoms with Gasteiger partial charge in [0.15, 0.2) is 0 Å². The molecule has 0 unspecified atom stereocenters. The summed E-state index contributed by atoms with van der Waals surface area (Å²) in [6.45, 7) is 7.91. The molecular weight excluding hydrogens is 819 g/mol. The zero-order valence-electron chi connectivity index (χ0n) is 37.0. The first kappa shape index (κ1) is 48.2. The zero-order chi connectivity index (χ0) is 46.5. The van der Waals surface area contributed by atoms with E-state index in [0.717, 1.165) is 12.1 Å². The second-order valence-electron chi connectivity index (χ2n) is 16.0. The van der Waals surface area contributed by atoms with E-state index < -0.39 is 53.7 Å². The molecule has 0 aliphatic carbocycles. The van der Waals surface area contributed by atoms with Crippen molar-refractivity contribution in [1.29, 1.82) is 5.26 Å². The monoisotopic (exact) mass is 877 g/mol. The largest absolute Gasteiger partial charge is 0.492 e. The first-order valence-electron chi connectivity index (χ1n) is 21.3. The lowest BCUT2D eigenvalue weighted by Crippen LogP contribution is -2.56. The molecule has 4 atom stereocenters. The predicted molar refractivity (Wildman–Crippen MR) is 240 cm³/mol. The quantitative estimate of drug-likeness (QED) is 0.0745. The minimum absolute atomic E-state index is 0.00643. The van der Waals surface area contributed by atoms with E-state index in [9.17, 15) is 24.0 Å². The van der Waals surface area contributed by atoms with Crippen molar-refractivity contribution in [3.05, 3.63) is 94.8 Å². The molecule has 18 nitrogen and oxygen atoms in total. The number of fused-ring (bicyclic) bond motifs is 5. The van der Waals surface area contributed by atoms with Gasteiger partial charge in [-0.2, -0.15) is 10.4 Å². The molecule has 10 N–H and O–H groups in total. The first-order chi connectivity index (χ1) is 30.7. The van der Waals surface area contributed by atoms with Gasteiger partial charge in [0.2, 0.25) is 23.6 Å². The van der Waals surface area contributed by atoms with Crippen molar-refractivity contribution in [1.82, 2.24) is 35.9 Å². The van der Waals surface area contributed by atoms with E-state index in [2.05, 4.69) is 40.2 Å². The van der Waals surface area contributed by atoms with Crippen LogP contribution in [0.25, 0.3) is 16.8 Å². The number of hydrogen-bond donors (Lipinski definition) is 7. The van der Waals surface area contributed by atoms with Gasteiger partial charge < -0.3 is 52.8 Å². The molecule has 5 rings (SSSR count). The normalized spacial score (nSPS) is 16.7. The number of nitrogens with two attached hydrogens (primary N) is 3. The van der Waals surface area contributed by atoms with Crippen LogP contribution >= 0.6 is 0 Å². The highest BCUT2D eigenvalue weighted by molar-refractivity contribution is 6.00. The third-order valence-electron chi connectivity index (χ3n) is 10.7. The lowest BCUT2D eigenvalue weighted by molar-refractivity contribution is -0.141. The minimum atomic E-state index is -1.39. The van der Waals surface area contributed by atoms with Crippen LogP contribution in [-0.2, 0) is 32.0 Å². The van der Waals surface area contributed by atoms with Gasteiger partial charge in [0.05, 0.1) is 29.2 Å². The van der Waals surface area contributed by atoms with Gasteiger partial charge in [-0.05, 0) is 92.2 Å². The number of hydrogen-bond acceptors (Lipinski definition) is 12. The number of carbonyl (C=O) groups excluding carboxylic acids is 5. The first-order valence-corrected chi connectivity index (χ1v) is 21.3. The molecule has 1 aliphatic rings. The molecule has 0 saturated carbocycles. The topological polar surface area (TPSA) is 275 Å². The molecule has 0 fully saturated rings. The molecule has 64 heavy (non-hydrogen) atoms. The van der Waals surface area contributed by atoms with E-state index in [0.29, 0.717) is 45.4 Å². The summed E-state index contributed by atoms with van der Waals surface area (Å²) in [5.41, 5.74) is 22.3. The fourth-order valence-corrected chi connectivity index (χ4v) is 7.50. The summed E-state index contributed by atoms with van der Waals surface area (Å²) in [6, 6.07) is 15.1. The number of nitrogens with one attached hydrogen (secondary N) is 4. The van der Waals surface area contributed by atoms with Crippen LogP contribution in [0.4, 0.5) is 0 Å². The maximum Gasteiger partial charge on any atom is 0.255 e. The second kappa shape index (κ2) is 22.5. The van der Waals surface area contributed by atoms with Crippen molar-refractivity contribution in [2.45, 2.75) is 71.1 Å². The third-order valence-corrected chi connectivity index (χ3v) is 10.7. The predicted octanol–water partition coefficient (Wildman–Crippen LogP) is 1.55. The average molecular weight is 878 g/mol. The molecule has 0 radical (unpaired) electrons. The number of nitriles is 1. The van der Waals surface area contributed by atoms with Crippen LogP contribution in [0.2, 0.25) is 0 Å².